The molecule has 1 aliphatic rings. The zero-order valence-corrected chi connectivity index (χ0v) is 11.2. The number of nitrogens with zero attached hydrogens (tertiary/aromatic N) is 2. The predicted molar refractivity (Wildman–Crippen MR) is 70.6 cm³/mol. The number of hydrogen-bond acceptors (Lipinski definition) is 4. The third kappa shape index (κ3) is 2.48. The molecule has 4 nitrogen and oxygen atoms in total. The molecule has 0 spiro atoms. The first-order valence-electron chi connectivity index (χ1n) is 6.75. The molecule has 0 unspecified atom stereocenters. The number of benzene rings is 1. The van der Waals surface area contributed by atoms with E-state index in [0.717, 1.165) is 24.0 Å². The Morgan fingerprint density at radius 3 is 2.75 bits per heavy atom. The lowest BCUT2D eigenvalue weighted by Gasteiger charge is -2.16. The smallest absolute Gasteiger partial charge is 0.230 e. The van der Waals surface area contributed by atoms with Crippen molar-refractivity contribution in [2.75, 3.05) is 0 Å². The summed E-state index contributed by atoms with van der Waals surface area (Å²) in [6.07, 6.45) is 2.70. The predicted octanol–water partition coefficient (Wildman–Crippen LogP) is 3.41. The molecule has 1 heterocycles. The number of rotatable bonds is 2. The van der Waals surface area contributed by atoms with Crippen LogP contribution < -0.4 is 0 Å². The van der Waals surface area contributed by atoms with Gasteiger partial charge in [-0.3, -0.25) is 4.79 Å². The van der Waals surface area contributed by atoms with E-state index >= 15 is 0 Å². The van der Waals surface area contributed by atoms with Gasteiger partial charge >= 0.3 is 0 Å². The number of Topliss-reactive ketones (excluding diaryl/α,β-unsaturated/α-hetero) is 1. The van der Waals surface area contributed by atoms with Crippen LogP contribution in [-0.4, -0.2) is 15.9 Å². The zero-order valence-electron chi connectivity index (χ0n) is 11.2. The number of aromatic nitrogens is 2. The van der Waals surface area contributed by atoms with E-state index in [2.05, 4.69) is 10.1 Å². The van der Waals surface area contributed by atoms with Gasteiger partial charge in [-0.25, -0.2) is 4.39 Å². The van der Waals surface area contributed by atoms with E-state index in [1.807, 2.05) is 6.92 Å². The second-order valence-electron chi connectivity index (χ2n) is 5.23. The molecule has 20 heavy (non-hydrogen) atoms. The number of carbonyl (C=O) groups is 1. The zero-order chi connectivity index (χ0) is 14.1. The standard InChI is InChI=1S/C15H15FN2O2/c1-9-8-11(16)4-7-13(9)14-17-15(20-18-14)10-2-5-12(19)6-3-10/h4,7-8,10H,2-3,5-6H2,1H3. The SMILES string of the molecule is Cc1cc(F)ccc1-c1noc(C2CCC(=O)CC2)n1. The molecule has 1 saturated carbocycles. The number of hydrogen-bond donors (Lipinski definition) is 0. The van der Waals surface area contributed by atoms with Gasteiger partial charge in [0.05, 0.1) is 0 Å². The molecule has 3 rings (SSSR count). The normalized spacial score (nSPS) is 16.6. The maximum Gasteiger partial charge on any atom is 0.230 e. The van der Waals surface area contributed by atoms with Crippen LogP contribution in [0.2, 0.25) is 0 Å². The lowest BCUT2D eigenvalue weighted by Crippen LogP contribution is -2.12. The maximum atomic E-state index is 13.1. The van der Waals surface area contributed by atoms with Crippen LogP contribution in [0.15, 0.2) is 22.7 Å². The summed E-state index contributed by atoms with van der Waals surface area (Å²) >= 11 is 0. The van der Waals surface area contributed by atoms with E-state index in [-0.39, 0.29) is 11.7 Å². The lowest BCUT2D eigenvalue weighted by atomic mass is 9.88. The van der Waals surface area contributed by atoms with E-state index in [1.165, 1.54) is 12.1 Å². The molecular weight excluding hydrogens is 259 g/mol. The fraction of sp³-hybridized carbons (Fsp3) is 0.400. The summed E-state index contributed by atoms with van der Waals surface area (Å²) in [4.78, 5) is 15.6. The summed E-state index contributed by atoms with van der Waals surface area (Å²) in [5.41, 5.74) is 1.55. The number of carbonyl (C=O) groups excluding carboxylic acids is 1. The van der Waals surface area contributed by atoms with Crippen molar-refractivity contribution < 1.29 is 13.7 Å². The highest BCUT2D eigenvalue weighted by Crippen LogP contribution is 2.31. The molecule has 1 aliphatic carbocycles. The molecule has 0 aliphatic heterocycles. The Labute approximate surface area is 116 Å². The molecule has 2 aromatic rings. The Morgan fingerprint density at radius 2 is 2.05 bits per heavy atom. The summed E-state index contributed by atoms with van der Waals surface area (Å²) in [6.45, 7) is 1.81. The van der Waals surface area contributed by atoms with Gasteiger partial charge in [0.2, 0.25) is 11.7 Å². The Bertz CT molecular complexity index is 641. The minimum absolute atomic E-state index is 0.162. The Morgan fingerprint density at radius 1 is 1.30 bits per heavy atom. The molecule has 1 aromatic heterocycles. The van der Waals surface area contributed by atoms with Gasteiger partial charge in [-0.1, -0.05) is 5.16 Å². The van der Waals surface area contributed by atoms with Gasteiger partial charge in [0, 0.05) is 24.3 Å². The Kier molecular flexibility index (Phi) is 3.34. The van der Waals surface area contributed by atoms with Crippen molar-refractivity contribution in [1.29, 1.82) is 0 Å². The average Bonchev–Trinajstić information content (AvgIpc) is 2.89. The summed E-state index contributed by atoms with van der Waals surface area (Å²) in [6, 6.07) is 4.49. The van der Waals surface area contributed by atoms with Crippen molar-refractivity contribution in [2.45, 2.75) is 38.5 Å². The van der Waals surface area contributed by atoms with Crippen LogP contribution in [0.5, 0.6) is 0 Å². The minimum Gasteiger partial charge on any atom is -0.339 e. The van der Waals surface area contributed by atoms with Crippen LogP contribution in [0, 0.1) is 12.7 Å². The van der Waals surface area contributed by atoms with E-state index in [4.69, 9.17) is 4.52 Å². The van der Waals surface area contributed by atoms with Gasteiger partial charge in [-0.05, 0) is 43.5 Å². The third-order valence-electron chi connectivity index (χ3n) is 3.76. The summed E-state index contributed by atoms with van der Waals surface area (Å²) in [5.74, 6) is 1.25. The highest BCUT2D eigenvalue weighted by Gasteiger charge is 2.25. The highest BCUT2D eigenvalue weighted by atomic mass is 19.1. The molecule has 1 aromatic carbocycles. The average molecular weight is 274 g/mol. The van der Waals surface area contributed by atoms with Crippen molar-refractivity contribution in [2.24, 2.45) is 0 Å². The molecule has 104 valence electrons. The quantitative estimate of drug-likeness (QED) is 0.842. The number of ketones is 1. The monoisotopic (exact) mass is 274 g/mol. The van der Waals surface area contributed by atoms with Crippen LogP contribution in [0.25, 0.3) is 11.4 Å². The highest BCUT2D eigenvalue weighted by molar-refractivity contribution is 5.79. The van der Waals surface area contributed by atoms with Gasteiger partial charge in [0.15, 0.2) is 0 Å². The number of halogens is 1. The Hall–Kier alpha value is -2.04. The second kappa shape index (κ2) is 5.15. The first kappa shape index (κ1) is 13.0. The van der Waals surface area contributed by atoms with E-state index < -0.39 is 0 Å². The molecule has 0 amide bonds. The van der Waals surface area contributed by atoms with E-state index in [1.54, 1.807) is 6.07 Å². The Balaban J connectivity index is 1.84. The lowest BCUT2D eigenvalue weighted by molar-refractivity contribution is -0.120. The van der Waals surface area contributed by atoms with E-state index in [0.29, 0.717) is 30.3 Å². The maximum absolute atomic E-state index is 13.1. The minimum atomic E-state index is -0.277. The first-order valence-corrected chi connectivity index (χ1v) is 6.75. The van der Waals surface area contributed by atoms with Crippen LogP contribution in [0.3, 0.4) is 0 Å². The fourth-order valence-electron chi connectivity index (χ4n) is 2.58. The summed E-state index contributed by atoms with van der Waals surface area (Å²) in [5, 5.41) is 3.98. The summed E-state index contributed by atoms with van der Waals surface area (Å²) < 4.78 is 18.4. The van der Waals surface area contributed by atoms with Gasteiger partial charge in [0.1, 0.15) is 11.6 Å². The molecule has 0 atom stereocenters. The van der Waals surface area contributed by atoms with Crippen molar-refractivity contribution in [3.05, 3.63) is 35.5 Å². The van der Waals surface area contributed by atoms with Gasteiger partial charge in [-0.2, -0.15) is 4.98 Å². The molecule has 0 N–H and O–H groups in total. The van der Waals surface area contributed by atoms with Crippen molar-refractivity contribution in [3.63, 3.8) is 0 Å². The van der Waals surface area contributed by atoms with Crippen molar-refractivity contribution >= 4 is 5.78 Å². The molecule has 0 bridgehead atoms. The van der Waals surface area contributed by atoms with Gasteiger partial charge < -0.3 is 4.52 Å². The van der Waals surface area contributed by atoms with E-state index in [9.17, 15) is 9.18 Å². The largest absolute Gasteiger partial charge is 0.339 e. The first-order chi connectivity index (χ1) is 9.63. The number of aryl methyl sites for hydroxylation is 1. The van der Waals surface area contributed by atoms with Crippen molar-refractivity contribution in [1.82, 2.24) is 10.1 Å². The second-order valence-corrected chi connectivity index (χ2v) is 5.23. The van der Waals surface area contributed by atoms with Crippen LogP contribution >= 0.6 is 0 Å². The van der Waals surface area contributed by atoms with Gasteiger partial charge in [0.25, 0.3) is 0 Å². The molecule has 1 fully saturated rings. The molecular formula is C15H15FN2O2. The van der Waals surface area contributed by atoms with Crippen LogP contribution in [0.4, 0.5) is 4.39 Å². The molecule has 0 saturated heterocycles. The van der Waals surface area contributed by atoms with Gasteiger partial charge in [-0.15, -0.1) is 0 Å². The van der Waals surface area contributed by atoms with Crippen LogP contribution in [0.1, 0.15) is 43.1 Å². The summed E-state index contributed by atoms with van der Waals surface area (Å²) in [7, 11) is 0. The molecule has 0 radical (unpaired) electrons. The van der Waals surface area contributed by atoms with Crippen LogP contribution in [-0.2, 0) is 4.79 Å². The third-order valence-corrected chi connectivity index (χ3v) is 3.76. The van der Waals surface area contributed by atoms with Crippen molar-refractivity contribution in [3.8, 4) is 11.4 Å². The topological polar surface area (TPSA) is 56.0 Å². The molecule has 5 heteroatoms. The fourth-order valence-corrected chi connectivity index (χ4v) is 2.58.